The third-order valence-electron chi connectivity index (χ3n) is 2.51. The predicted molar refractivity (Wildman–Crippen MR) is 74.9 cm³/mol. The standard InChI is InChI=1S/C13H19N5O/c1-9(14)6-15-12-5-13(18-8-17-12)16-7-11-4-3-10(2)19-11/h3-5,8-9H,6-7,14H2,1-2H3,(H2,15,16,17,18). The Morgan fingerprint density at radius 2 is 2.00 bits per heavy atom. The zero-order valence-electron chi connectivity index (χ0n) is 11.2. The number of rotatable bonds is 6. The summed E-state index contributed by atoms with van der Waals surface area (Å²) in [4.78, 5) is 8.28. The minimum Gasteiger partial charge on any atom is -0.465 e. The number of nitrogens with zero attached hydrogens (tertiary/aromatic N) is 2. The van der Waals surface area contributed by atoms with Crippen molar-refractivity contribution < 1.29 is 4.42 Å². The number of anilines is 2. The van der Waals surface area contributed by atoms with Gasteiger partial charge in [-0.1, -0.05) is 0 Å². The molecule has 2 aromatic rings. The summed E-state index contributed by atoms with van der Waals surface area (Å²) in [5.74, 6) is 3.28. The molecule has 2 heterocycles. The Morgan fingerprint density at radius 3 is 2.63 bits per heavy atom. The molecule has 102 valence electrons. The molecule has 0 aromatic carbocycles. The van der Waals surface area contributed by atoms with Gasteiger partial charge >= 0.3 is 0 Å². The van der Waals surface area contributed by atoms with Crippen LogP contribution in [-0.4, -0.2) is 22.6 Å². The number of hydrogen-bond donors (Lipinski definition) is 3. The molecule has 1 atom stereocenters. The molecule has 0 aliphatic rings. The highest BCUT2D eigenvalue weighted by molar-refractivity contribution is 5.46. The minimum atomic E-state index is 0.0810. The monoisotopic (exact) mass is 261 g/mol. The molecule has 19 heavy (non-hydrogen) atoms. The lowest BCUT2D eigenvalue weighted by Crippen LogP contribution is -2.25. The van der Waals surface area contributed by atoms with Crippen LogP contribution in [0, 0.1) is 6.92 Å². The van der Waals surface area contributed by atoms with Crippen LogP contribution in [0.3, 0.4) is 0 Å². The number of nitrogens with one attached hydrogen (secondary N) is 2. The Kier molecular flexibility index (Phi) is 4.35. The Labute approximate surface area is 112 Å². The number of furan rings is 1. The van der Waals surface area contributed by atoms with E-state index in [4.69, 9.17) is 10.2 Å². The van der Waals surface area contributed by atoms with Gasteiger partial charge in [-0.2, -0.15) is 0 Å². The smallest absolute Gasteiger partial charge is 0.131 e. The molecule has 2 rings (SSSR count). The van der Waals surface area contributed by atoms with E-state index in [0.717, 1.165) is 23.2 Å². The molecule has 0 radical (unpaired) electrons. The maximum absolute atomic E-state index is 5.68. The van der Waals surface area contributed by atoms with Crippen LogP contribution in [0.1, 0.15) is 18.4 Å². The number of hydrogen-bond acceptors (Lipinski definition) is 6. The van der Waals surface area contributed by atoms with Crippen molar-refractivity contribution in [1.29, 1.82) is 0 Å². The van der Waals surface area contributed by atoms with Crippen LogP contribution in [0.5, 0.6) is 0 Å². The van der Waals surface area contributed by atoms with Gasteiger partial charge in [0.2, 0.25) is 0 Å². The first-order chi connectivity index (χ1) is 9.13. The van der Waals surface area contributed by atoms with Gasteiger partial charge in [-0.15, -0.1) is 0 Å². The van der Waals surface area contributed by atoms with E-state index in [1.807, 2.05) is 32.0 Å². The summed E-state index contributed by atoms with van der Waals surface area (Å²) in [6.07, 6.45) is 1.51. The van der Waals surface area contributed by atoms with Crippen LogP contribution in [0.4, 0.5) is 11.6 Å². The molecule has 6 nitrogen and oxygen atoms in total. The molecule has 0 fully saturated rings. The Balaban J connectivity index is 1.91. The normalized spacial score (nSPS) is 12.2. The van der Waals surface area contributed by atoms with Gasteiger partial charge in [0.1, 0.15) is 29.5 Å². The fraction of sp³-hybridized carbons (Fsp3) is 0.385. The summed E-state index contributed by atoms with van der Waals surface area (Å²) in [5, 5.41) is 6.33. The minimum absolute atomic E-state index is 0.0810. The van der Waals surface area contributed by atoms with Crippen molar-refractivity contribution in [2.75, 3.05) is 17.2 Å². The molecule has 0 aliphatic carbocycles. The highest BCUT2D eigenvalue weighted by atomic mass is 16.3. The van der Waals surface area contributed by atoms with E-state index in [1.165, 1.54) is 6.33 Å². The number of aryl methyl sites for hydroxylation is 1. The first kappa shape index (κ1) is 13.4. The van der Waals surface area contributed by atoms with Gasteiger partial charge in [0.15, 0.2) is 0 Å². The first-order valence-electron chi connectivity index (χ1n) is 6.24. The molecule has 2 aromatic heterocycles. The van der Waals surface area contributed by atoms with Crippen molar-refractivity contribution in [2.24, 2.45) is 5.73 Å². The average molecular weight is 261 g/mol. The number of aromatic nitrogens is 2. The molecule has 0 spiro atoms. The van der Waals surface area contributed by atoms with E-state index < -0.39 is 0 Å². The van der Waals surface area contributed by atoms with Gasteiger partial charge in [0.05, 0.1) is 6.54 Å². The fourth-order valence-electron chi connectivity index (χ4n) is 1.57. The molecule has 1 unspecified atom stereocenters. The van der Waals surface area contributed by atoms with Gasteiger partial charge in [-0.3, -0.25) is 0 Å². The first-order valence-corrected chi connectivity index (χ1v) is 6.24. The lowest BCUT2D eigenvalue weighted by Gasteiger charge is -2.09. The summed E-state index contributed by atoms with van der Waals surface area (Å²) < 4.78 is 5.48. The van der Waals surface area contributed by atoms with Crippen LogP contribution in [0.15, 0.2) is 28.9 Å². The van der Waals surface area contributed by atoms with E-state index in [-0.39, 0.29) is 6.04 Å². The Hall–Kier alpha value is -2.08. The lowest BCUT2D eigenvalue weighted by atomic mass is 10.3. The lowest BCUT2D eigenvalue weighted by molar-refractivity contribution is 0.490. The molecule has 0 saturated heterocycles. The maximum atomic E-state index is 5.68. The molecular weight excluding hydrogens is 242 g/mol. The van der Waals surface area contributed by atoms with E-state index in [2.05, 4.69) is 20.6 Å². The Morgan fingerprint density at radius 1 is 1.26 bits per heavy atom. The number of nitrogens with two attached hydrogens (primary N) is 1. The van der Waals surface area contributed by atoms with Gasteiger partial charge in [-0.25, -0.2) is 9.97 Å². The second kappa shape index (κ2) is 6.19. The second-order valence-corrected chi connectivity index (χ2v) is 4.51. The van der Waals surface area contributed by atoms with E-state index in [1.54, 1.807) is 0 Å². The summed E-state index contributed by atoms with van der Waals surface area (Å²) in [5.41, 5.74) is 5.68. The largest absolute Gasteiger partial charge is 0.465 e. The highest BCUT2D eigenvalue weighted by Gasteiger charge is 2.02. The average Bonchev–Trinajstić information content (AvgIpc) is 2.80. The van der Waals surface area contributed by atoms with Crippen molar-refractivity contribution >= 4 is 11.6 Å². The van der Waals surface area contributed by atoms with Crippen molar-refractivity contribution in [2.45, 2.75) is 26.4 Å². The second-order valence-electron chi connectivity index (χ2n) is 4.51. The zero-order chi connectivity index (χ0) is 13.7. The SMILES string of the molecule is Cc1ccc(CNc2cc(NCC(C)N)ncn2)o1. The molecule has 0 saturated carbocycles. The molecular formula is C13H19N5O. The van der Waals surface area contributed by atoms with Crippen LogP contribution in [0.2, 0.25) is 0 Å². The predicted octanol–water partition coefficient (Wildman–Crippen LogP) is 1.75. The van der Waals surface area contributed by atoms with Crippen molar-refractivity contribution in [3.63, 3.8) is 0 Å². The van der Waals surface area contributed by atoms with Gasteiger partial charge in [0.25, 0.3) is 0 Å². The molecule has 0 amide bonds. The van der Waals surface area contributed by atoms with Crippen molar-refractivity contribution in [3.8, 4) is 0 Å². The molecule has 0 aliphatic heterocycles. The topological polar surface area (TPSA) is 89.0 Å². The van der Waals surface area contributed by atoms with Crippen LogP contribution in [-0.2, 0) is 6.54 Å². The van der Waals surface area contributed by atoms with Gasteiger partial charge < -0.3 is 20.8 Å². The van der Waals surface area contributed by atoms with E-state index >= 15 is 0 Å². The Bertz CT molecular complexity index is 523. The molecule has 4 N–H and O–H groups in total. The molecule has 0 bridgehead atoms. The van der Waals surface area contributed by atoms with E-state index in [0.29, 0.717) is 13.1 Å². The van der Waals surface area contributed by atoms with E-state index in [9.17, 15) is 0 Å². The summed E-state index contributed by atoms with van der Waals surface area (Å²) >= 11 is 0. The van der Waals surface area contributed by atoms with Crippen molar-refractivity contribution in [3.05, 3.63) is 36.0 Å². The summed E-state index contributed by atoms with van der Waals surface area (Å²) in [6, 6.07) is 5.81. The molecule has 6 heteroatoms. The third-order valence-corrected chi connectivity index (χ3v) is 2.51. The summed E-state index contributed by atoms with van der Waals surface area (Å²) in [7, 11) is 0. The van der Waals surface area contributed by atoms with Crippen LogP contribution >= 0.6 is 0 Å². The van der Waals surface area contributed by atoms with Gasteiger partial charge in [-0.05, 0) is 26.0 Å². The quantitative estimate of drug-likeness (QED) is 0.734. The highest BCUT2D eigenvalue weighted by Crippen LogP contribution is 2.11. The summed E-state index contributed by atoms with van der Waals surface area (Å²) in [6.45, 7) is 5.13. The maximum Gasteiger partial charge on any atom is 0.131 e. The van der Waals surface area contributed by atoms with Crippen molar-refractivity contribution in [1.82, 2.24) is 9.97 Å². The van der Waals surface area contributed by atoms with Crippen LogP contribution < -0.4 is 16.4 Å². The van der Waals surface area contributed by atoms with Crippen LogP contribution in [0.25, 0.3) is 0 Å². The van der Waals surface area contributed by atoms with Gasteiger partial charge in [0, 0.05) is 18.7 Å². The zero-order valence-corrected chi connectivity index (χ0v) is 11.2. The fourth-order valence-corrected chi connectivity index (χ4v) is 1.57. The third kappa shape index (κ3) is 4.26.